The van der Waals surface area contributed by atoms with Crippen molar-refractivity contribution >= 4 is 26.6 Å². The zero-order valence-corrected chi connectivity index (χ0v) is 15.4. The molecule has 1 saturated heterocycles. The number of nitrogens with one attached hydrogen (secondary N) is 1. The third kappa shape index (κ3) is 3.18. The lowest BCUT2D eigenvalue weighted by Gasteiger charge is -2.26. The molecule has 1 aliphatic rings. The van der Waals surface area contributed by atoms with Gasteiger partial charge >= 0.3 is 0 Å². The summed E-state index contributed by atoms with van der Waals surface area (Å²) in [7, 11) is 0.0415. The lowest BCUT2D eigenvalue weighted by atomic mass is 10.1. The van der Waals surface area contributed by atoms with E-state index in [2.05, 4.69) is 4.98 Å². The van der Waals surface area contributed by atoms with Crippen molar-refractivity contribution in [1.82, 2.24) is 9.88 Å². The van der Waals surface area contributed by atoms with Gasteiger partial charge in [-0.1, -0.05) is 0 Å². The van der Waals surface area contributed by atoms with E-state index in [1.165, 1.54) is 0 Å². The normalized spacial score (nSPS) is 19.1. The molecule has 0 bridgehead atoms. The molecule has 2 aromatic rings. The van der Waals surface area contributed by atoms with Crippen LogP contribution in [0.25, 0.3) is 10.9 Å². The number of carbonyl (C=O) groups excluding carboxylic acids is 1. The summed E-state index contributed by atoms with van der Waals surface area (Å²) in [5, 5.41) is 0.724. The molecule has 136 valence electrons. The van der Waals surface area contributed by atoms with Crippen LogP contribution in [-0.4, -0.2) is 62.5 Å². The molecule has 1 N–H and O–H groups in total. The van der Waals surface area contributed by atoms with Crippen molar-refractivity contribution in [2.75, 3.05) is 32.3 Å². The minimum atomic E-state index is -3.05. The van der Waals surface area contributed by atoms with Crippen LogP contribution in [0.1, 0.15) is 23.7 Å². The second-order valence-electron chi connectivity index (χ2n) is 6.10. The highest BCUT2D eigenvalue weighted by Crippen LogP contribution is 2.34. The molecule has 25 heavy (non-hydrogen) atoms. The third-order valence-electron chi connectivity index (χ3n) is 4.67. The van der Waals surface area contributed by atoms with Gasteiger partial charge in [0.25, 0.3) is 5.91 Å². The maximum atomic E-state index is 13.0. The largest absolute Gasteiger partial charge is 0.493 e. The fourth-order valence-corrected chi connectivity index (χ4v) is 5.10. The molecule has 8 heteroatoms. The first-order valence-corrected chi connectivity index (χ1v) is 9.96. The Bertz CT molecular complexity index is 903. The molecule has 1 unspecified atom stereocenters. The van der Waals surface area contributed by atoms with Gasteiger partial charge in [-0.2, -0.15) is 0 Å². The molecule has 0 radical (unpaired) electrons. The number of nitrogens with zero attached hydrogens (tertiary/aromatic N) is 1. The van der Waals surface area contributed by atoms with Gasteiger partial charge in [0.1, 0.15) is 0 Å². The Balaban J connectivity index is 1.98. The van der Waals surface area contributed by atoms with Gasteiger partial charge in [-0.15, -0.1) is 0 Å². The highest BCUT2D eigenvalue weighted by atomic mass is 32.2. The Kier molecular flexibility index (Phi) is 4.64. The van der Waals surface area contributed by atoms with Crippen LogP contribution in [0.2, 0.25) is 0 Å². The molecule has 2 heterocycles. The maximum absolute atomic E-state index is 13.0. The average molecular weight is 366 g/mol. The number of rotatable bonds is 5. The molecule has 1 atom stereocenters. The molecular formula is C17H22N2O5S. The first kappa shape index (κ1) is 17.6. The van der Waals surface area contributed by atoms with Crippen molar-refractivity contribution in [2.45, 2.75) is 19.4 Å². The quantitative estimate of drug-likeness (QED) is 0.872. The van der Waals surface area contributed by atoms with Crippen LogP contribution in [0.4, 0.5) is 0 Å². The number of hydrogen-bond donors (Lipinski definition) is 1. The summed E-state index contributed by atoms with van der Waals surface area (Å²) in [4.78, 5) is 17.8. The van der Waals surface area contributed by atoms with Crippen molar-refractivity contribution in [3.05, 3.63) is 23.9 Å². The minimum absolute atomic E-state index is 0.0338. The van der Waals surface area contributed by atoms with E-state index in [-0.39, 0.29) is 23.5 Å². The number of hydrogen-bond acceptors (Lipinski definition) is 5. The van der Waals surface area contributed by atoms with Crippen molar-refractivity contribution in [3.63, 3.8) is 0 Å². The molecule has 0 saturated carbocycles. The van der Waals surface area contributed by atoms with Crippen molar-refractivity contribution < 1.29 is 22.7 Å². The third-order valence-corrected chi connectivity index (χ3v) is 6.42. The van der Waals surface area contributed by atoms with E-state index in [9.17, 15) is 13.2 Å². The first-order chi connectivity index (χ1) is 11.9. The summed E-state index contributed by atoms with van der Waals surface area (Å²) in [5.74, 6) is 1.11. The molecule has 1 aromatic carbocycles. The number of aromatic amines is 1. The summed E-state index contributed by atoms with van der Waals surface area (Å²) in [6, 6.07) is 3.27. The standard InChI is InChI=1S/C17H22N2O5S/c1-4-19(11-5-6-25(21,22)10-11)17(20)13-9-18-14-8-16(24-3)15(23-2)7-12(13)14/h7-9,11,18H,4-6,10H2,1-3H3. The molecule has 1 aliphatic heterocycles. The minimum Gasteiger partial charge on any atom is -0.493 e. The van der Waals surface area contributed by atoms with Crippen LogP contribution < -0.4 is 9.47 Å². The molecule has 0 spiro atoms. The number of amides is 1. The van der Waals surface area contributed by atoms with Gasteiger partial charge in [-0.3, -0.25) is 4.79 Å². The van der Waals surface area contributed by atoms with Gasteiger partial charge in [0, 0.05) is 30.2 Å². The summed E-state index contributed by atoms with van der Waals surface area (Å²) in [6.07, 6.45) is 2.14. The molecular weight excluding hydrogens is 344 g/mol. The van der Waals surface area contributed by atoms with E-state index in [1.54, 1.807) is 37.4 Å². The highest BCUT2D eigenvalue weighted by Gasteiger charge is 2.34. The predicted molar refractivity (Wildman–Crippen MR) is 95.2 cm³/mol. The predicted octanol–water partition coefficient (Wildman–Crippen LogP) is 1.83. The first-order valence-electron chi connectivity index (χ1n) is 8.14. The number of fused-ring (bicyclic) bond motifs is 1. The average Bonchev–Trinajstić information content (AvgIpc) is 3.16. The summed E-state index contributed by atoms with van der Waals surface area (Å²) < 4.78 is 34.1. The maximum Gasteiger partial charge on any atom is 0.256 e. The zero-order chi connectivity index (χ0) is 18.2. The van der Waals surface area contributed by atoms with Crippen LogP contribution in [0, 0.1) is 0 Å². The van der Waals surface area contributed by atoms with E-state index >= 15 is 0 Å². The fourth-order valence-electron chi connectivity index (χ4n) is 3.37. The second kappa shape index (κ2) is 6.59. The van der Waals surface area contributed by atoms with E-state index in [0.29, 0.717) is 30.0 Å². The molecule has 1 amide bonds. The lowest BCUT2D eigenvalue weighted by Crippen LogP contribution is -2.40. The van der Waals surface area contributed by atoms with Gasteiger partial charge < -0.3 is 19.4 Å². The van der Waals surface area contributed by atoms with Crippen LogP contribution in [0.15, 0.2) is 18.3 Å². The number of methoxy groups -OCH3 is 2. The van der Waals surface area contributed by atoms with Crippen molar-refractivity contribution in [3.8, 4) is 11.5 Å². The number of sulfone groups is 1. The lowest BCUT2D eigenvalue weighted by molar-refractivity contribution is 0.0710. The van der Waals surface area contributed by atoms with Crippen LogP contribution in [0.3, 0.4) is 0 Å². The molecule has 1 fully saturated rings. The van der Waals surface area contributed by atoms with Crippen LogP contribution in [-0.2, 0) is 9.84 Å². The van der Waals surface area contributed by atoms with Gasteiger partial charge in [0.2, 0.25) is 0 Å². The number of aromatic nitrogens is 1. The SMILES string of the molecule is CCN(C(=O)c1c[nH]c2cc(OC)c(OC)cc12)C1CCS(=O)(=O)C1. The molecule has 0 aliphatic carbocycles. The summed E-state index contributed by atoms with van der Waals surface area (Å²) in [6.45, 7) is 2.32. The van der Waals surface area contributed by atoms with Gasteiger partial charge in [0.05, 0.1) is 36.8 Å². The monoisotopic (exact) mass is 366 g/mol. The van der Waals surface area contributed by atoms with E-state index in [1.807, 2.05) is 6.92 Å². The van der Waals surface area contributed by atoms with Gasteiger partial charge in [-0.05, 0) is 19.4 Å². The zero-order valence-electron chi connectivity index (χ0n) is 14.5. The second-order valence-corrected chi connectivity index (χ2v) is 8.33. The summed E-state index contributed by atoms with van der Waals surface area (Å²) in [5.41, 5.74) is 1.26. The van der Waals surface area contributed by atoms with E-state index in [0.717, 1.165) is 10.9 Å². The molecule has 3 rings (SSSR count). The van der Waals surface area contributed by atoms with Gasteiger partial charge in [-0.25, -0.2) is 8.42 Å². The highest BCUT2D eigenvalue weighted by molar-refractivity contribution is 7.91. The fraction of sp³-hybridized carbons (Fsp3) is 0.471. The van der Waals surface area contributed by atoms with Crippen molar-refractivity contribution in [1.29, 1.82) is 0 Å². The molecule has 1 aromatic heterocycles. The number of H-pyrrole nitrogens is 1. The van der Waals surface area contributed by atoms with E-state index < -0.39 is 9.84 Å². The van der Waals surface area contributed by atoms with Crippen LogP contribution >= 0.6 is 0 Å². The number of carbonyl (C=O) groups is 1. The smallest absolute Gasteiger partial charge is 0.256 e. The summed E-state index contributed by atoms with van der Waals surface area (Å²) >= 11 is 0. The number of benzene rings is 1. The Labute approximate surface area is 146 Å². The Morgan fingerprint density at radius 3 is 2.52 bits per heavy atom. The molecule has 7 nitrogen and oxygen atoms in total. The topological polar surface area (TPSA) is 88.7 Å². The van der Waals surface area contributed by atoms with Gasteiger partial charge in [0.15, 0.2) is 21.3 Å². The van der Waals surface area contributed by atoms with Crippen LogP contribution in [0.5, 0.6) is 11.5 Å². The Morgan fingerprint density at radius 1 is 1.28 bits per heavy atom. The Hall–Kier alpha value is -2.22. The Morgan fingerprint density at radius 2 is 1.96 bits per heavy atom. The van der Waals surface area contributed by atoms with Crippen molar-refractivity contribution in [2.24, 2.45) is 0 Å². The number of ether oxygens (including phenoxy) is 2. The van der Waals surface area contributed by atoms with E-state index in [4.69, 9.17) is 9.47 Å².